The van der Waals surface area contributed by atoms with Gasteiger partial charge in [0.25, 0.3) is 0 Å². The van der Waals surface area contributed by atoms with Crippen LogP contribution in [0.5, 0.6) is 0 Å². The van der Waals surface area contributed by atoms with E-state index in [1.54, 1.807) is 0 Å². The summed E-state index contributed by atoms with van der Waals surface area (Å²) in [7, 11) is 0. The third kappa shape index (κ3) is 3.14. The zero-order valence-corrected chi connectivity index (χ0v) is 12.1. The molecule has 1 aromatic rings. The highest BCUT2D eigenvalue weighted by Crippen LogP contribution is 2.44. The smallest absolute Gasteiger partial charge is 0.0141 e. The highest BCUT2D eigenvalue weighted by atomic mass is 14.9. The Kier molecular flexibility index (Phi) is 4.45. The van der Waals surface area contributed by atoms with Crippen LogP contribution in [0, 0.1) is 11.3 Å². The van der Waals surface area contributed by atoms with E-state index in [4.69, 9.17) is 0 Å². The maximum atomic E-state index is 3.73. The van der Waals surface area contributed by atoms with E-state index in [1.807, 2.05) is 0 Å². The van der Waals surface area contributed by atoms with Crippen molar-refractivity contribution in [3.63, 3.8) is 0 Å². The van der Waals surface area contributed by atoms with Crippen molar-refractivity contribution in [3.8, 4) is 0 Å². The third-order valence-electron chi connectivity index (χ3n) is 4.59. The Balaban J connectivity index is 2.08. The Morgan fingerprint density at radius 1 is 1.28 bits per heavy atom. The van der Waals surface area contributed by atoms with Gasteiger partial charge in [-0.1, -0.05) is 57.5 Å². The molecule has 2 rings (SSSR count). The molecule has 0 aliphatic heterocycles. The molecular weight excluding hydrogens is 218 g/mol. The summed E-state index contributed by atoms with van der Waals surface area (Å²) in [5.41, 5.74) is 1.97. The minimum absolute atomic E-state index is 0.502. The Hall–Kier alpha value is -0.820. The van der Waals surface area contributed by atoms with Gasteiger partial charge in [0, 0.05) is 6.04 Å². The predicted molar refractivity (Wildman–Crippen MR) is 78.7 cm³/mol. The van der Waals surface area contributed by atoms with Crippen molar-refractivity contribution in [2.45, 2.75) is 52.5 Å². The number of hydrogen-bond acceptors (Lipinski definition) is 1. The Morgan fingerprint density at radius 3 is 2.56 bits per heavy atom. The van der Waals surface area contributed by atoms with Crippen LogP contribution in [0.2, 0.25) is 0 Å². The van der Waals surface area contributed by atoms with Gasteiger partial charge in [-0.2, -0.15) is 0 Å². The number of benzene rings is 1. The molecule has 0 heterocycles. The topological polar surface area (TPSA) is 12.0 Å². The summed E-state index contributed by atoms with van der Waals surface area (Å²) in [6.07, 6.45) is 5.34. The average molecular weight is 245 g/mol. The van der Waals surface area contributed by atoms with Crippen LogP contribution in [-0.4, -0.2) is 12.6 Å². The fraction of sp³-hybridized carbons (Fsp3) is 0.647. The molecule has 1 aliphatic rings. The molecule has 0 radical (unpaired) electrons. The van der Waals surface area contributed by atoms with Gasteiger partial charge in [0.15, 0.2) is 0 Å². The monoisotopic (exact) mass is 245 g/mol. The van der Waals surface area contributed by atoms with Gasteiger partial charge in [0.05, 0.1) is 0 Å². The van der Waals surface area contributed by atoms with Crippen LogP contribution in [0.25, 0.3) is 0 Å². The molecule has 0 saturated heterocycles. The molecule has 0 spiro atoms. The van der Waals surface area contributed by atoms with Gasteiger partial charge < -0.3 is 5.32 Å². The lowest BCUT2D eigenvalue weighted by Gasteiger charge is -2.35. The van der Waals surface area contributed by atoms with Gasteiger partial charge in [-0.25, -0.2) is 0 Å². The van der Waals surface area contributed by atoms with E-state index < -0.39 is 0 Å². The van der Waals surface area contributed by atoms with Gasteiger partial charge in [0.2, 0.25) is 0 Å². The first-order chi connectivity index (χ1) is 8.63. The molecule has 1 heteroatoms. The second-order valence-electron chi connectivity index (χ2n) is 6.34. The van der Waals surface area contributed by atoms with Gasteiger partial charge in [-0.15, -0.1) is 0 Å². The van der Waals surface area contributed by atoms with Crippen molar-refractivity contribution in [1.82, 2.24) is 5.32 Å². The number of likely N-dealkylation sites (N-methyl/N-ethyl adjacent to an activating group) is 1. The summed E-state index contributed by atoms with van der Waals surface area (Å²) >= 11 is 0. The van der Waals surface area contributed by atoms with Crippen molar-refractivity contribution in [1.29, 1.82) is 0 Å². The molecule has 2 atom stereocenters. The van der Waals surface area contributed by atoms with Crippen LogP contribution < -0.4 is 5.32 Å². The first-order valence-corrected chi connectivity index (χ1v) is 7.41. The molecule has 1 saturated carbocycles. The predicted octanol–water partition coefficient (Wildman–Crippen LogP) is 4.03. The summed E-state index contributed by atoms with van der Waals surface area (Å²) in [5.74, 6) is 0.817. The van der Waals surface area contributed by atoms with Crippen LogP contribution in [0.1, 0.15) is 45.6 Å². The van der Waals surface area contributed by atoms with Crippen molar-refractivity contribution >= 4 is 0 Å². The average Bonchev–Trinajstić information content (AvgIpc) is 2.70. The summed E-state index contributed by atoms with van der Waals surface area (Å²) < 4.78 is 0. The Bertz CT molecular complexity index is 355. The maximum Gasteiger partial charge on any atom is 0.0141 e. The van der Waals surface area contributed by atoms with E-state index in [0.717, 1.165) is 12.5 Å². The molecule has 1 aromatic carbocycles. The number of nitrogens with one attached hydrogen (secondary N) is 1. The third-order valence-corrected chi connectivity index (χ3v) is 4.59. The first-order valence-electron chi connectivity index (χ1n) is 7.41. The highest BCUT2D eigenvalue weighted by molar-refractivity contribution is 5.16. The number of rotatable bonds is 5. The molecule has 1 N–H and O–H groups in total. The molecule has 0 bridgehead atoms. The van der Waals surface area contributed by atoms with Crippen LogP contribution in [-0.2, 0) is 6.42 Å². The lowest BCUT2D eigenvalue weighted by atomic mass is 9.76. The molecule has 1 aliphatic carbocycles. The Labute approximate surface area is 112 Å². The quantitative estimate of drug-likeness (QED) is 0.825. The zero-order chi connectivity index (χ0) is 13.0. The fourth-order valence-corrected chi connectivity index (χ4v) is 3.59. The molecule has 1 fully saturated rings. The minimum atomic E-state index is 0.502. The van der Waals surface area contributed by atoms with E-state index in [1.165, 1.54) is 31.2 Å². The van der Waals surface area contributed by atoms with E-state index in [9.17, 15) is 0 Å². The highest BCUT2D eigenvalue weighted by Gasteiger charge is 2.38. The molecular formula is C17H27N. The van der Waals surface area contributed by atoms with E-state index in [0.29, 0.717) is 11.5 Å². The maximum absolute atomic E-state index is 3.73. The number of hydrogen-bond donors (Lipinski definition) is 1. The SMILES string of the molecule is CCNC(Cc1ccccc1)C1CCCC1(C)C. The summed E-state index contributed by atoms with van der Waals surface area (Å²) in [4.78, 5) is 0. The minimum Gasteiger partial charge on any atom is -0.314 e. The second kappa shape index (κ2) is 5.88. The first kappa shape index (κ1) is 13.6. The largest absolute Gasteiger partial charge is 0.314 e. The van der Waals surface area contributed by atoms with Crippen LogP contribution in [0.3, 0.4) is 0 Å². The van der Waals surface area contributed by atoms with Gasteiger partial charge >= 0.3 is 0 Å². The van der Waals surface area contributed by atoms with Crippen LogP contribution in [0.4, 0.5) is 0 Å². The van der Waals surface area contributed by atoms with Gasteiger partial charge in [-0.05, 0) is 42.7 Å². The van der Waals surface area contributed by atoms with Crippen molar-refractivity contribution in [2.75, 3.05) is 6.54 Å². The van der Waals surface area contributed by atoms with Gasteiger partial charge in [-0.3, -0.25) is 0 Å². The fourth-order valence-electron chi connectivity index (χ4n) is 3.59. The summed E-state index contributed by atoms with van der Waals surface area (Å²) in [6, 6.07) is 11.6. The zero-order valence-electron chi connectivity index (χ0n) is 12.1. The van der Waals surface area contributed by atoms with E-state index in [2.05, 4.69) is 56.4 Å². The molecule has 18 heavy (non-hydrogen) atoms. The van der Waals surface area contributed by atoms with Gasteiger partial charge in [0.1, 0.15) is 0 Å². The molecule has 100 valence electrons. The van der Waals surface area contributed by atoms with Crippen molar-refractivity contribution in [3.05, 3.63) is 35.9 Å². The second-order valence-corrected chi connectivity index (χ2v) is 6.34. The molecule has 0 amide bonds. The lowest BCUT2D eigenvalue weighted by molar-refractivity contribution is 0.197. The standard InChI is InChI=1S/C17H27N/c1-4-18-16(13-14-9-6-5-7-10-14)15-11-8-12-17(15,2)3/h5-7,9-10,15-16,18H,4,8,11-13H2,1-3H3. The van der Waals surface area contributed by atoms with Crippen molar-refractivity contribution < 1.29 is 0 Å². The Morgan fingerprint density at radius 2 is 2.00 bits per heavy atom. The van der Waals surface area contributed by atoms with Crippen LogP contribution in [0.15, 0.2) is 30.3 Å². The normalized spacial score (nSPS) is 24.1. The van der Waals surface area contributed by atoms with Crippen LogP contribution >= 0.6 is 0 Å². The molecule has 0 aromatic heterocycles. The van der Waals surface area contributed by atoms with E-state index in [-0.39, 0.29) is 0 Å². The van der Waals surface area contributed by atoms with E-state index >= 15 is 0 Å². The van der Waals surface area contributed by atoms with Crippen molar-refractivity contribution in [2.24, 2.45) is 11.3 Å². The lowest BCUT2D eigenvalue weighted by Crippen LogP contribution is -2.42. The summed E-state index contributed by atoms with van der Waals surface area (Å²) in [6.45, 7) is 8.18. The summed E-state index contributed by atoms with van der Waals surface area (Å²) in [5, 5.41) is 3.73. The molecule has 1 nitrogen and oxygen atoms in total. The molecule has 2 unspecified atom stereocenters.